The molecule has 0 N–H and O–H groups in total. The minimum Gasteiger partial charge on any atom is -0.493 e. The van der Waals surface area contributed by atoms with Crippen LogP contribution in [-0.2, 0) is 16.1 Å². The van der Waals surface area contributed by atoms with Crippen molar-refractivity contribution in [2.45, 2.75) is 31.4 Å². The first kappa shape index (κ1) is 28.4. The van der Waals surface area contributed by atoms with Gasteiger partial charge in [0.25, 0.3) is 5.56 Å². The molecule has 4 aromatic rings. The smallest absolute Gasteiger partial charge is 0.338 e. The van der Waals surface area contributed by atoms with Crippen molar-refractivity contribution in [1.82, 2.24) is 4.57 Å². The number of fused-ring (bicyclic) bond motifs is 1. The third kappa shape index (κ3) is 6.01. The van der Waals surface area contributed by atoms with E-state index in [1.165, 1.54) is 11.3 Å². The summed E-state index contributed by atoms with van der Waals surface area (Å²) in [6.45, 7) is 4.18. The summed E-state index contributed by atoms with van der Waals surface area (Å²) in [5, 5.41) is 0. The van der Waals surface area contributed by atoms with Crippen LogP contribution in [0, 0.1) is 0 Å². The van der Waals surface area contributed by atoms with Crippen molar-refractivity contribution in [2.75, 3.05) is 20.0 Å². The number of carbonyl (C=O) groups excluding carboxylic acids is 1. The van der Waals surface area contributed by atoms with Gasteiger partial charge in [0.05, 0.1) is 35.6 Å². The third-order valence-electron chi connectivity index (χ3n) is 6.67. The fourth-order valence-electron chi connectivity index (χ4n) is 4.67. The molecular formula is C32H30N2O5S2. The lowest BCUT2D eigenvalue weighted by Crippen LogP contribution is -2.39. The number of nitrogens with zero attached hydrogens (tertiary/aromatic N) is 2. The fourth-order valence-corrected chi connectivity index (χ4v) is 6.13. The van der Waals surface area contributed by atoms with Gasteiger partial charge in [0.1, 0.15) is 6.61 Å². The molecule has 5 rings (SSSR count). The highest BCUT2D eigenvalue weighted by atomic mass is 32.2. The zero-order valence-corrected chi connectivity index (χ0v) is 24.9. The predicted octanol–water partition coefficient (Wildman–Crippen LogP) is 5.11. The van der Waals surface area contributed by atoms with Crippen LogP contribution in [-0.4, -0.2) is 30.5 Å². The maximum absolute atomic E-state index is 13.9. The lowest BCUT2D eigenvalue weighted by atomic mass is 9.96. The Bertz CT molecular complexity index is 1770. The zero-order valence-electron chi connectivity index (χ0n) is 23.2. The summed E-state index contributed by atoms with van der Waals surface area (Å²) >= 11 is 2.91. The second-order valence-corrected chi connectivity index (χ2v) is 11.1. The van der Waals surface area contributed by atoms with Crippen molar-refractivity contribution in [3.63, 3.8) is 0 Å². The van der Waals surface area contributed by atoms with Crippen molar-refractivity contribution in [3.8, 4) is 11.5 Å². The molecular weight excluding hydrogens is 556 g/mol. The van der Waals surface area contributed by atoms with Crippen molar-refractivity contribution in [1.29, 1.82) is 0 Å². The van der Waals surface area contributed by atoms with Gasteiger partial charge >= 0.3 is 5.97 Å². The second-order valence-electron chi connectivity index (χ2n) is 9.26. The zero-order chi connectivity index (χ0) is 28.9. The SMILES string of the molecule is CCOC(=O)C1=C(C)N=c2s/c(=C\c3ccc(OCc4ccccc4)c(OC)c3)c(=O)n2[C@H]1c1ccc(SC)cc1. The van der Waals surface area contributed by atoms with Crippen LogP contribution in [0.5, 0.6) is 11.5 Å². The number of allylic oxidation sites excluding steroid dienone is 1. The lowest BCUT2D eigenvalue weighted by molar-refractivity contribution is -0.139. The molecule has 1 aromatic heterocycles. The highest BCUT2D eigenvalue weighted by Crippen LogP contribution is 2.32. The van der Waals surface area contributed by atoms with Crippen molar-refractivity contribution in [3.05, 3.63) is 120 Å². The van der Waals surface area contributed by atoms with Gasteiger partial charge in [0.2, 0.25) is 0 Å². The molecule has 7 nitrogen and oxygen atoms in total. The molecule has 9 heteroatoms. The second kappa shape index (κ2) is 12.6. The Morgan fingerprint density at radius 2 is 1.83 bits per heavy atom. The first-order valence-electron chi connectivity index (χ1n) is 13.1. The minimum atomic E-state index is -0.647. The Kier molecular flexibility index (Phi) is 8.75. The monoisotopic (exact) mass is 586 g/mol. The van der Waals surface area contributed by atoms with Crippen molar-refractivity contribution >= 4 is 35.1 Å². The topological polar surface area (TPSA) is 79.1 Å². The van der Waals surface area contributed by atoms with Gasteiger partial charge in [0.15, 0.2) is 16.3 Å². The molecule has 0 saturated heterocycles. The quantitative estimate of drug-likeness (QED) is 0.200. The number of methoxy groups -OCH3 is 1. The first-order chi connectivity index (χ1) is 19.9. The van der Waals surface area contributed by atoms with E-state index in [2.05, 4.69) is 4.99 Å². The number of thioether (sulfide) groups is 1. The number of aromatic nitrogens is 1. The van der Waals surface area contributed by atoms with Crippen LogP contribution in [0.4, 0.5) is 0 Å². The van der Waals surface area contributed by atoms with Gasteiger partial charge in [-0.3, -0.25) is 9.36 Å². The molecule has 0 aliphatic carbocycles. The van der Waals surface area contributed by atoms with Crippen LogP contribution in [0.2, 0.25) is 0 Å². The number of benzene rings is 3. The summed E-state index contributed by atoms with van der Waals surface area (Å²) in [6.07, 6.45) is 3.81. The number of thiazole rings is 1. The fraction of sp³-hybridized carbons (Fsp3) is 0.219. The van der Waals surface area contributed by atoms with Crippen LogP contribution >= 0.6 is 23.1 Å². The van der Waals surface area contributed by atoms with Gasteiger partial charge < -0.3 is 14.2 Å². The number of esters is 1. The van der Waals surface area contributed by atoms with Crippen molar-refractivity contribution in [2.24, 2.45) is 4.99 Å². The lowest BCUT2D eigenvalue weighted by Gasteiger charge is -2.24. The van der Waals surface area contributed by atoms with Gasteiger partial charge in [-0.25, -0.2) is 9.79 Å². The average molecular weight is 587 g/mol. The maximum atomic E-state index is 13.9. The molecule has 1 aliphatic rings. The Balaban J connectivity index is 1.55. The van der Waals surface area contributed by atoms with E-state index in [1.54, 1.807) is 37.3 Å². The molecule has 0 saturated carbocycles. The molecule has 0 unspecified atom stereocenters. The Morgan fingerprint density at radius 1 is 1.07 bits per heavy atom. The van der Waals surface area contributed by atoms with Gasteiger partial charge in [-0.15, -0.1) is 11.8 Å². The number of ether oxygens (including phenoxy) is 3. The van der Waals surface area contributed by atoms with E-state index in [4.69, 9.17) is 14.2 Å². The maximum Gasteiger partial charge on any atom is 0.338 e. The van der Waals surface area contributed by atoms with Gasteiger partial charge in [0, 0.05) is 4.90 Å². The molecule has 210 valence electrons. The molecule has 0 bridgehead atoms. The van der Waals surface area contributed by atoms with E-state index in [9.17, 15) is 9.59 Å². The van der Waals surface area contributed by atoms with Crippen LogP contribution in [0.3, 0.4) is 0 Å². The molecule has 41 heavy (non-hydrogen) atoms. The highest BCUT2D eigenvalue weighted by Gasteiger charge is 2.33. The van der Waals surface area contributed by atoms with Gasteiger partial charge in [-0.1, -0.05) is 59.9 Å². The molecule has 2 heterocycles. The number of hydrogen-bond donors (Lipinski definition) is 0. The summed E-state index contributed by atoms with van der Waals surface area (Å²) in [7, 11) is 1.59. The van der Waals surface area contributed by atoms with Gasteiger partial charge in [-0.2, -0.15) is 0 Å². The molecule has 0 fully saturated rings. The number of hydrogen-bond acceptors (Lipinski definition) is 8. The number of rotatable bonds is 9. The van der Waals surface area contributed by atoms with E-state index in [1.807, 2.05) is 85.1 Å². The molecule has 0 amide bonds. The molecule has 1 atom stereocenters. The van der Waals surface area contributed by atoms with Gasteiger partial charge in [-0.05, 0) is 67.1 Å². The molecule has 3 aromatic carbocycles. The molecule has 1 aliphatic heterocycles. The average Bonchev–Trinajstić information content (AvgIpc) is 3.30. The van der Waals surface area contributed by atoms with E-state index in [0.29, 0.717) is 38.7 Å². The number of carbonyl (C=O) groups is 1. The summed E-state index contributed by atoms with van der Waals surface area (Å²) in [6, 6.07) is 22.7. The summed E-state index contributed by atoms with van der Waals surface area (Å²) in [5.41, 5.74) is 3.32. The van der Waals surface area contributed by atoms with E-state index in [0.717, 1.165) is 21.6 Å². The largest absolute Gasteiger partial charge is 0.493 e. The summed E-state index contributed by atoms with van der Waals surface area (Å²) < 4.78 is 19.1. The van der Waals surface area contributed by atoms with Crippen LogP contribution in [0.1, 0.15) is 36.6 Å². The highest BCUT2D eigenvalue weighted by molar-refractivity contribution is 7.98. The Hall–Kier alpha value is -4.08. The predicted molar refractivity (Wildman–Crippen MR) is 162 cm³/mol. The van der Waals surface area contributed by atoms with E-state index >= 15 is 0 Å². The third-order valence-corrected chi connectivity index (χ3v) is 8.40. The van der Waals surface area contributed by atoms with Crippen molar-refractivity contribution < 1.29 is 19.0 Å². The Morgan fingerprint density at radius 3 is 2.51 bits per heavy atom. The Labute approximate surface area is 246 Å². The summed E-state index contributed by atoms with van der Waals surface area (Å²) in [5.74, 6) is 0.700. The first-order valence-corrected chi connectivity index (χ1v) is 15.2. The summed E-state index contributed by atoms with van der Waals surface area (Å²) in [4.78, 5) is 33.2. The van der Waals surface area contributed by atoms with E-state index in [-0.39, 0.29) is 12.2 Å². The molecule has 0 spiro atoms. The van der Waals surface area contributed by atoms with Crippen LogP contribution < -0.4 is 24.4 Å². The normalized spacial score (nSPS) is 14.8. The standard InChI is InChI=1S/C32H30N2O5S2/c1-5-38-31(36)28-20(2)33-32-34(29(28)23-12-14-24(40-4)15-13-23)30(35)27(41-32)18-22-11-16-25(26(17-22)37-3)39-19-21-9-7-6-8-10-21/h6-18,29H,5,19H2,1-4H3/b27-18-/t29-/m0/s1. The van der Waals surface area contributed by atoms with Crippen LogP contribution in [0.15, 0.2) is 98.7 Å². The van der Waals surface area contributed by atoms with Crippen LogP contribution in [0.25, 0.3) is 6.08 Å². The van der Waals surface area contributed by atoms with E-state index < -0.39 is 12.0 Å². The minimum absolute atomic E-state index is 0.227. The molecule has 0 radical (unpaired) electrons.